The topological polar surface area (TPSA) is 64.1 Å². The first-order chi connectivity index (χ1) is 15.2. The summed E-state index contributed by atoms with van der Waals surface area (Å²) < 4.78 is 17.2. The molecule has 0 radical (unpaired) electrons. The number of nitrogens with zero attached hydrogens (tertiary/aromatic N) is 1. The summed E-state index contributed by atoms with van der Waals surface area (Å²) >= 11 is 0. The van der Waals surface area contributed by atoms with Gasteiger partial charge in [-0.15, -0.1) is 0 Å². The summed E-state index contributed by atoms with van der Waals surface area (Å²) in [5.41, 5.74) is 4.70. The summed E-state index contributed by atoms with van der Waals surface area (Å²) in [5, 5.41) is 6.82. The van der Waals surface area contributed by atoms with Gasteiger partial charge in [-0.3, -0.25) is 4.99 Å². The second-order valence-electron chi connectivity index (χ2n) is 7.84. The van der Waals surface area contributed by atoms with E-state index in [9.17, 15) is 0 Å². The van der Waals surface area contributed by atoms with Crippen molar-refractivity contribution in [2.24, 2.45) is 10.9 Å². The Kier molecular flexibility index (Phi) is 9.18. The summed E-state index contributed by atoms with van der Waals surface area (Å²) in [6, 6.07) is 14.7. The van der Waals surface area contributed by atoms with Crippen LogP contribution >= 0.6 is 0 Å². The normalized spacial score (nSPS) is 16.4. The third-order valence-electron chi connectivity index (χ3n) is 5.42. The van der Waals surface area contributed by atoms with Gasteiger partial charge in [0.2, 0.25) is 0 Å². The molecular weight excluding hydrogens is 390 g/mol. The molecule has 1 atom stereocenters. The molecule has 1 fully saturated rings. The van der Waals surface area contributed by atoms with Crippen LogP contribution in [0.3, 0.4) is 0 Å². The highest BCUT2D eigenvalue weighted by molar-refractivity contribution is 5.79. The fraction of sp³-hybridized carbons (Fsp3) is 0.480. The number of guanidine groups is 1. The lowest BCUT2D eigenvalue weighted by Crippen LogP contribution is -2.36. The summed E-state index contributed by atoms with van der Waals surface area (Å²) in [6.07, 6.45) is 1.07. The molecule has 2 aromatic carbocycles. The van der Waals surface area contributed by atoms with Gasteiger partial charge in [-0.05, 0) is 43.0 Å². The average Bonchev–Trinajstić information content (AvgIpc) is 3.31. The zero-order chi connectivity index (χ0) is 21.9. The van der Waals surface area contributed by atoms with Crippen molar-refractivity contribution in [1.29, 1.82) is 0 Å². The third kappa shape index (κ3) is 7.26. The van der Waals surface area contributed by atoms with Crippen LogP contribution in [-0.2, 0) is 29.2 Å². The minimum Gasteiger partial charge on any atom is -0.493 e. The maximum absolute atomic E-state index is 6.16. The largest absolute Gasteiger partial charge is 0.493 e. The molecule has 31 heavy (non-hydrogen) atoms. The molecule has 0 aromatic heterocycles. The Morgan fingerprint density at radius 2 is 1.87 bits per heavy atom. The third-order valence-corrected chi connectivity index (χ3v) is 5.42. The maximum Gasteiger partial charge on any atom is 0.191 e. The monoisotopic (exact) mass is 425 g/mol. The smallest absolute Gasteiger partial charge is 0.191 e. The van der Waals surface area contributed by atoms with Crippen molar-refractivity contribution < 1.29 is 14.2 Å². The molecule has 2 aromatic rings. The van der Waals surface area contributed by atoms with E-state index >= 15 is 0 Å². The van der Waals surface area contributed by atoms with Crippen molar-refractivity contribution >= 4 is 5.96 Å². The molecule has 6 nitrogen and oxygen atoms in total. The number of aryl methyl sites for hydroxylation is 1. The Morgan fingerprint density at radius 1 is 1.10 bits per heavy atom. The SMILES string of the molecule is CCOCc1ccccc1CNC(=NC)NCc1ccc(C)cc1OCC1CCOC1. The summed E-state index contributed by atoms with van der Waals surface area (Å²) in [4.78, 5) is 4.37. The van der Waals surface area contributed by atoms with E-state index in [1.54, 1.807) is 7.05 Å². The highest BCUT2D eigenvalue weighted by Gasteiger charge is 2.17. The number of hydrogen-bond donors (Lipinski definition) is 2. The Bertz CT molecular complexity index is 848. The fourth-order valence-electron chi connectivity index (χ4n) is 3.53. The maximum atomic E-state index is 6.16. The lowest BCUT2D eigenvalue weighted by Gasteiger charge is -2.17. The van der Waals surface area contributed by atoms with Crippen molar-refractivity contribution in [2.45, 2.75) is 40.0 Å². The van der Waals surface area contributed by atoms with Crippen molar-refractivity contribution in [1.82, 2.24) is 10.6 Å². The summed E-state index contributed by atoms with van der Waals surface area (Å²) in [6.45, 7) is 9.07. The van der Waals surface area contributed by atoms with Crippen molar-refractivity contribution in [3.63, 3.8) is 0 Å². The lowest BCUT2D eigenvalue weighted by atomic mass is 10.1. The molecule has 0 spiro atoms. The minimum absolute atomic E-state index is 0.479. The molecule has 1 saturated heterocycles. The molecule has 0 aliphatic carbocycles. The van der Waals surface area contributed by atoms with Gasteiger partial charge in [-0.1, -0.05) is 36.4 Å². The van der Waals surface area contributed by atoms with Gasteiger partial charge >= 0.3 is 0 Å². The van der Waals surface area contributed by atoms with E-state index < -0.39 is 0 Å². The minimum atomic E-state index is 0.479. The highest BCUT2D eigenvalue weighted by Crippen LogP contribution is 2.22. The number of benzene rings is 2. The first-order valence-corrected chi connectivity index (χ1v) is 11.1. The summed E-state index contributed by atoms with van der Waals surface area (Å²) in [7, 11) is 1.79. The van der Waals surface area contributed by atoms with Crippen LogP contribution in [0.5, 0.6) is 5.75 Å². The van der Waals surface area contributed by atoms with Crippen LogP contribution in [0.4, 0.5) is 0 Å². The van der Waals surface area contributed by atoms with E-state index in [0.29, 0.717) is 38.8 Å². The van der Waals surface area contributed by atoms with Crippen LogP contribution in [0.1, 0.15) is 35.6 Å². The Morgan fingerprint density at radius 3 is 2.58 bits per heavy atom. The molecule has 0 saturated carbocycles. The van der Waals surface area contributed by atoms with Crippen LogP contribution in [0.2, 0.25) is 0 Å². The Labute approximate surface area is 186 Å². The van der Waals surface area contributed by atoms with Gasteiger partial charge in [0, 0.05) is 44.8 Å². The van der Waals surface area contributed by atoms with Crippen LogP contribution < -0.4 is 15.4 Å². The van der Waals surface area contributed by atoms with E-state index in [4.69, 9.17) is 14.2 Å². The first-order valence-electron chi connectivity index (χ1n) is 11.1. The van der Waals surface area contributed by atoms with Gasteiger partial charge < -0.3 is 24.8 Å². The second kappa shape index (κ2) is 12.3. The summed E-state index contributed by atoms with van der Waals surface area (Å²) in [5.74, 6) is 2.16. The van der Waals surface area contributed by atoms with E-state index in [-0.39, 0.29) is 0 Å². The zero-order valence-electron chi connectivity index (χ0n) is 18.9. The van der Waals surface area contributed by atoms with Crippen LogP contribution in [0.15, 0.2) is 47.5 Å². The van der Waals surface area contributed by atoms with Gasteiger partial charge in [-0.2, -0.15) is 0 Å². The van der Waals surface area contributed by atoms with Gasteiger partial charge in [0.1, 0.15) is 5.75 Å². The van der Waals surface area contributed by atoms with Crippen molar-refractivity contribution in [2.75, 3.05) is 33.5 Å². The molecule has 2 N–H and O–H groups in total. The molecule has 1 heterocycles. The number of nitrogens with one attached hydrogen (secondary N) is 2. The molecule has 1 unspecified atom stereocenters. The molecule has 1 aliphatic rings. The van der Waals surface area contributed by atoms with E-state index in [2.05, 4.69) is 52.9 Å². The molecule has 1 aliphatic heterocycles. The zero-order valence-corrected chi connectivity index (χ0v) is 18.9. The van der Waals surface area contributed by atoms with Gasteiger partial charge in [0.05, 0.1) is 19.8 Å². The Hall–Kier alpha value is -2.57. The number of hydrogen-bond acceptors (Lipinski definition) is 4. The first kappa shape index (κ1) is 23.1. The van der Waals surface area contributed by atoms with E-state index in [1.807, 2.05) is 19.1 Å². The average molecular weight is 426 g/mol. The predicted molar refractivity (Wildman–Crippen MR) is 124 cm³/mol. The van der Waals surface area contributed by atoms with Crippen LogP contribution in [0.25, 0.3) is 0 Å². The van der Waals surface area contributed by atoms with Crippen molar-refractivity contribution in [3.05, 3.63) is 64.7 Å². The van der Waals surface area contributed by atoms with E-state index in [1.165, 1.54) is 16.7 Å². The van der Waals surface area contributed by atoms with Gasteiger partial charge in [-0.25, -0.2) is 0 Å². The number of ether oxygens (including phenoxy) is 3. The molecule has 0 amide bonds. The van der Waals surface area contributed by atoms with Crippen LogP contribution in [0, 0.1) is 12.8 Å². The molecule has 3 rings (SSSR count). The molecular formula is C25H35N3O3. The van der Waals surface area contributed by atoms with Gasteiger partial charge in [0.15, 0.2) is 5.96 Å². The standard InChI is InChI=1S/C25H35N3O3/c1-4-29-18-23-8-6-5-7-21(23)14-27-25(26-3)28-15-22-10-9-19(2)13-24(22)31-17-20-11-12-30-16-20/h5-10,13,20H,4,11-12,14-18H2,1-3H3,(H2,26,27,28). The fourth-order valence-corrected chi connectivity index (χ4v) is 3.53. The number of rotatable bonds is 10. The predicted octanol–water partition coefficient (Wildman–Crippen LogP) is 3.81. The van der Waals surface area contributed by atoms with Crippen molar-refractivity contribution in [3.8, 4) is 5.75 Å². The van der Waals surface area contributed by atoms with E-state index in [0.717, 1.165) is 36.9 Å². The second-order valence-corrected chi connectivity index (χ2v) is 7.84. The van der Waals surface area contributed by atoms with Crippen LogP contribution in [-0.4, -0.2) is 39.4 Å². The molecule has 168 valence electrons. The Balaban J connectivity index is 1.56. The lowest BCUT2D eigenvalue weighted by molar-refractivity contribution is 0.133. The molecule has 0 bridgehead atoms. The highest BCUT2D eigenvalue weighted by atomic mass is 16.5. The molecule has 6 heteroatoms. The number of aliphatic imine (C=N–C) groups is 1. The quantitative estimate of drug-likeness (QED) is 0.448. The van der Waals surface area contributed by atoms with Gasteiger partial charge in [0.25, 0.3) is 0 Å².